The van der Waals surface area contributed by atoms with E-state index in [0.29, 0.717) is 34.1 Å². The number of H-pyrrole nitrogens is 1. The molecule has 1 aliphatic rings. The minimum Gasteiger partial charge on any atom is -0.548 e. The molecular formula is C23H27N5O4S. The molecule has 0 radical (unpaired) electrons. The van der Waals surface area contributed by atoms with Gasteiger partial charge in [-0.05, 0) is 41.3 Å². The highest BCUT2D eigenvalue weighted by molar-refractivity contribution is 7.13. The Kier molecular flexibility index (Phi) is 6.13. The van der Waals surface area contributed by atoms with Crippen LogP contribution in [-0.2, 0) is 0 Å². The zero-order valence-corrected chi connectivity index (χ0v) is 20.0. The Morgan fingerprint density at radius 3 is 2.70 bits per heavy atom. The van der Waals surface area contributed by atoms with Crippen molar-refractivity contribution in [3.63, 3.8) is 0 Å². The normalized spacial score (nSPS) is 14.8. The van der Waals surface area contributed by atoms with Crippen molar-refractivity contribution in [2.75, 3.05) is 26.2 Å². The molecule has 1 unspecified atom stereocenters. The largest absolute Gasteiger partial charge is 0.548 e. The van der Waals surface area contributed by atoms with Crippen molar-refractivity contribution >= 4 is 28.6 Å². The topological polar surface area (TPSA) is 115 Å². The third-order valence-electron chi connectivity index (χ3n) is 5.15. The van der Waals surface area contributed by atoms with E-state index in [2.05, 4.69) is 34.8 Å². The second-order valence-corrected chi connectivity index (χ2v) is 9.94. The molecule has 33 heavy (non-hydrogen) atoms. The number of anilines is 2. The molecule has 2 atom stereocenters. The van der Waals surface area contributed by atoms with Gasteiger partial charge in [0.25, 0.3) is 5.91 Å². The van der Waals surface area contributed by atoms with Gasteiger partial charge in [0.2, 0.25) is 18.1 Å². The van der Waals surface area contributed by atoms with E-state index >= 15 is 0 Å². The molecule has 2 heterocycles. The number of fused-ring (bicyclic) bond motifs is 1. The molecule has 3 aromatic rings. The lowest BCUT2D eigenvalue weighted by molar-refractivity contribution is 0.0827. The van der Waals surface area contributed by atoms with Crippen LogP contribution in [0.15, 0.2) is 47.5 Å². The Bertz CT molecular complexity index is 1240. The van der Waals surface area contributed by atoms with Crippen LogP contribution in [0.5, 0.6) is 11.5 Å². The standard InChI is InChI=1S/C23H27N5O4S/c1-23(2,3)19(14-9-10-17-18(12-14)32-13-31-17)25-21-20(26-33(30)27-21)24-16-8-6-7-15(11-16)22(29)28(4)5/h6-12,19H,13H2,1-5H3,(H,24,26)(H,25,27)/t19-,33?/m0/s1. The van der Waals surface area contributed by atoms with Crippen LogP contribution in [-0.4, -0.2) is 45.0 Å². The van der Waals surface area contributed by atoms with Crippen molar-refractivity contribution < 1.29 is 18.8 Å². The fourth-order valence-corrected chi connectivity index (χ4v) is 4.21. The van der Waals surface area contributed by atoms with E-state index in [0.717, 1.165) is 5.56 Å². The number of hydrogen-bond acceptors (Lipinski definition) is 7. The summed E-state index contributed by atoms with van der Waals surface area (Å²) in [6.07, 6.45) is 0. The molecule has 0 spiro atoms. The summed E-state index contributed by atoms with van der Waals surface area (Å²) >= 11 is -1.65. The SMILES string of the molecule is CN(C)C(=O)c1cccc(Nc2n[s+]([O-])[nH]c2=N[C@@H](c2ccc3c(c2)OCO3)C(C)(C)C)c1. The Morgan fingerprint density at radius 1 is 1.21 bits per heavy atom. The molecule has 174 valence electrons. The lowest BCUT2D eigenvalue weighted by Crippen LogP contribution is -2.22. The molecule has 10 heteroatoms. The first-order chi connectivity index (χ1) is 15.6. The van der Waals surface area contributed by atoms with Crippen molar-refractivity contribution in [1.29, 1.82) is 0 Å². The first-order valence-corrected chi connectivity index (χ1v) is 11.6. The third-order valence-corrected chi connectivity index (χ3v) is 5.87. The summed E-state index contributed by atoms with van der Waals surface area (Å²) in [6, 6.07) is 12.5. The zero-order chi connectivity index (χ0) is 23.8. The maximum absolute atomic E-state index is 12.3. The van der Waals surface area contributed by atoms with E-state index in [1.165, 1.54) is 4.90 Å². The monoisotopic (exact) mass is 469 g/mol. The van der Waals surface area contributed by atoms with E-state index < -0.39 is 11.1 Å². The number of benzene rings is 2. The van der Waals surface area contributed by atoms with Crippen LogP contribution in [0.1, 0.15) is 42.7 Å². The number of aromatic nitrogens is 2. The van der Waals surface area contributed by atoms with Crippen LogP contribution in [0.3, 0.4) is 0 Å². The minimum absolute atomic E-state index is 0.113. The molecule has 2 aromatic carbocycles. The molecule has 0 fully saturated rings. The number of ether oxygens (including phenoxy) is 2. The van der Waals surface area contributed by atoms with Crippen molar-refractivity contribution in [3.05, 3.63) is 59.1 Å². The number of amides is 1. The molecule has 0 saturated heterocycles. The summed E-state index contributed by atoms with van der Waals surface area (Å²) in [5, 5.41) is 3.15. The van der Waals surface area contributed by atoms with E-state index in [9.17, 15) is 9.35 Å². The number of hydrogen-bond donors (Lipinski definition) is 2. The van der Waals surface area contributed by atoms with Crippen LogP contribution >= 0.6 is 11.1 Å². The van der Waals surface area contributed by atoms with Crippen LogP contribution in [0.4, 0.5) is 11.5 Å². The van der Waals surface area contributed by atoms with Gasteiger partial charge >= 0.3 is 0 Å². The summed E-state index contributed by atoms with van der Waals surface area (Å²) in [6.45, 7) is 6.44. The van der Waals surface area contributed by atoms with E-state index in [1.54, 1.807) is 32.3 Å². The van der Waals surface area contributed by atoms with Gasteiger partial charge in [0, 0.05) is 29.7 Å². The van der Waals surface area contributed by atoms with Gasteiger partial charge in [-0.25, -0.2) is 0 Å². The van der Waals surface area contributed by atoms with Crippen LogP contribution in [0.2, 0.25) is 0 Å². The number of carbonyl (C=O) groups excluding carboxylic acids is 1. The van der Waals surface area contributed by atoms with Crippen molar-refractivity contribution in [3.8, 4) is 11.5 Å². The van der Waals surface area contributed by atoms with Crippen LogP contribution in [0, 0.1) is 5.41 Å². The Labute approximate surface area is 195 Å². The van der Waals surface area contributed by atoms with Crippen molar-refractivity contribution in [2.45, 2.75) is 26.8 Å². The highest BCUT2D eigenvalue weighted by Gasteiger charge is 2.28. The molecule has 1 amide bonds. The van der Waals surface area contributed by atoms with E-state index in [4.69, 9.17) is 14.5 Å². The van der Waals surface area contributed by atoms with Crippen LogP contribution < -0.4 is 20.3 Å². The molecule has 4 rings (SSSR count). The first kappa shape index (κ1) is 22.8. The van der Waals surface area contributed by atoms with E-state index in [-0.39, 0.29) is 24.2 Å². The molecule has 0 bridgehead atoms. The van der Waals surface area contributed by atoms with Crippen LogP contribution in [0.25, 0.3) is 0 Å². The van der Waals surface area contributed by atoms with Gasteiger partial charge in [0.05, 0.1) is 6.04 Å². The van der Waals surface area contributed by atoms with Gasteiger partial charge in [0.15, 0.2) is 22.6 Å². The number of nitrogens with one attached hydrogen (secondary N) is 2. The molecular weight excluding hydrogens is 442 g/mol. The lowest BCUT2D eigenvalue weighted by Gasteiger charge is -2.27. The number of carbonyl (C=O) groups is 1. The minimum atomic E-state index is -1.65. The molecule has 0 saturated carbocycles. The summed E-state index contributed by atoms with van der Waals surface area (Å²) < 4.78 is 30.2. The second kappa shape index (κ2) is 8.87. The zero-order valence-electron chi connectivity index (χ0n) is 19.2. The fourth-order valence-electron chi connectivity index (χ4n) is 3.55. The molecule has 1 aromatic heterocycles. The lowest BCUT2D eigenvalue weighted by atomic mass is 9.82. The third kappa shape index (κ3) is 5.01. The van der Waals surface area contributed by atoms with Crippen molar-refractivity contribution in [1.82, 2.24) is 13.6 Å². The van der Waals surface area contributed by atoms with Gasteiger partial charge in [-0.1, -0.05) is 32.9 Å². The average molecular weight is 470 g/mol. The maximum Gasteiger partial charge on any atom is 0.253 e. The Hall–Kier alpha value is -3.37. The molecule has 0 aliphatic carbocycles. The summed E-state index contributed by atoms with van der Waals surface area (Å²) in [7, 11) is 3.40. The predicted molar refractivity (Wildman–Crippen MR) is 125 cm³/mol. The smallest absolute Gasteiger partial charge is 0.253 e. The van der Waals surface area contributed by atoms with Crippen molar-refractivity contribution in [2.24, 2.45) is 10.4 Å². The van der Waals surface area contributed by atoms with Gasteiger partial charge in [-0.15, -0.1) is 4.37 Å². The fraction of sp³-hybridized carbons (Fsp3) is 0.348. The number of nitrogens with zero attached hydrogens (tertiary/aromatic N) is 3. The van der Waals surface area contributed by atoms with Gasteiger partial charge in [-0.3, -0.25) is 9.79 Å². The number of aromatic amines is 1. The summed E-state index contributed by atoms with van der Waals surface area (Å²) in [4.78, 5) is 18.7. The maximum atomic E-state index is 12.3. The number of rotatable bonds is 5. The predicted octanol–water partition coefficient (Wildman–Crippen LogP) is 4.00. The highest BCUT2D eigenvalue weighted by Crippen LogP contribution is 2.41. The molecule has 2 N–H and O–H groups in total. The first-order valence-electron chi connectivity index (χ1n) is 10.5. The van der Waals surface area contributed by atoms with Gasteiger partial charge in [-0.2, -0.15) is 0 Å². The quantitative estimate of drug-likeness (QED) is 0.546. The van der Waals surface area contributed by atoms with Gasteiger partial charge < -0.3 is 24.2 Å². The second-order valence-electron chi connectivity index (χ2n) is 9.06. The summed E-state index contributed by atoms with van der Waals surface area (Å²) in [5.41, 5.74) is 2.25. The average Bonchev–Trinajstić information content (AvgIpc) is 3.36. The van der Waals surface area contributed by atoms with E-state index in [1.807, 2.05) is 24.3 Å². The molecule has 9 nitrogen and oxygen atoms in total. The highest BCUT2D eigenvalue weighted by atomic mass is 32.2. The Balaban J connectivity index is 1.71. The van der Waals surface area contributed by atoms with Gasteiger partial charge in [0.1, 0.15) is 0 Å². The molecule has 1 aliphatic heterocycles. The summed E-state index contributed by atoms with van der Waals surface area (Å²) in [5.74, 6) is 1.62. The Morgan fingerprint density at radius 2 is 1.97 bits per heavy atom.